The molecule has 1 aromatic rings. The molecule has 0 bridgehead atoms. The van der Waals surface area contributed by atoms with E-state index in [2.05, 4.69) is 33.2 Å². The highest BCUT2D eigenvalue weighted by atomic mass is 32.2. The SMILES string of the molecule is CNS(=O)(=O)CCNC(=O)Nc1cccc(CN2CCCC[C@@H]2C)c1. The minimum Gasteiger partial charge on any atom is -0.337 e. The van der Waals surface area contributed by atoms with Crippen LogP contribution in [0.3, 0.4) is 0 Å². The topological polar surface area (TPSA) is 90.5 Å². The molecular weight excluding hydrogens is 340 g/mol. The molecule has 2 rings (SSSR count). The molecule has 1 heterocycles. The van der Waals surface area contributed by atoms with Gasteiger partial charge in [-0.1, -0.05) is 18.6 Å². The highest BCUT2D eigenvalue weighted by molar-refractivity contribution is 7.89. The molecule has 0 aromatic heterocycles. The van der Waals surface area contributed by atoms with E-state index in [1.165, 1.54) is 26.3 Å². The van der Waals surface area contributed by atoms with Gasteiger partial charge in [-0.15, -0.1) is 0 Å². The summed E-state index contributed by atoms with van der Waals surface area (Å²) in [5, 5.41) is 5.30. The molecule has 140 valence electrons. The molecule has 1 aliphatic heterocycles. The number of amides is 2. The lowest BCUT2D eigenvalue weighted by Gasteiger charge is -2.33. The first kappa shape index (κ1) is 19.7. The molecule has 8 heteroatoms. The van der Waals surface area contributed by atoms with Crippen molar-refractivity contribution in [3.05, 3.63) is 29.8 Å². The van der Waals surface area contributed by atoms with Crippen molar-refractivity contribution in [2.75, 3.05) is 31.2 Å². The largest absolute Gasteiger partial charge is 0.337 e. The van der Waals surface area contributed by atoms with Gasteiger partial charge in [0, 0.05) is 24.8 Å². The van der Waals surface area contributed by atoms with Crippen molar-refractivity contribution in [2.24, 2.45) is 0 Å². The van der Waals surface area contributed by atoms with Crippen molar-refractivity contribution in [2.45, 2.75) is 38.8 Å². The number of hydrogen-bond acceptors (Lipinski definition) is 4. The molecule has 0 saturated carbocycles. The van der Waals surface area contributed by atoms with E-state index >= 15 is 0 Å². The third kappa shape index (κ3) is 6.64. The number of urea groups is 1. The van der Waals surface area contributed by atoms with Gasteiger partial charge in [-0.3, -0.25) is 4.90 Å². The maximum absolute atomic E-state index is 11.9. The van der Waals surface area contributed by atoms with Gasteiger partial charge in [0.25, 0.3) is 0 Å². The van der Waals surface area contributed by atoms with E-state index in [0.717, 1.165) is 18.7 Å². The second kappa shape index (κ2) is 9.17. The van der Waals surface area contributed by atoms with Gasteiger partial charge in [-0.25, -0.2) is 17.9 Å². The van der Waals surface area contributed by atoms with Crippen LogP contribution in [0.15, 0.2) is 24.3 Å². The quantitative estimate of drug-likeness (QED) is 0.684. The number of anilines is 1. The molecule has 1 aromatic carbocycles. The number of hydrogen-bond donors (Lipinski definition) is 3. The molecule has 1 atom stereocenters. The Morgan fingerprint density at radius 3 is 2.84 bits per heavy atom. The number of carbonyl (C=O) groups is 1. The molecule has 1 aliphatic rings. The average molecular weight is 369 g/mol. The van der Waals surface area contributed by atoms with Crippen LogP contribution in [0.1, 0.15) is 31.7 Å². The summed E-state index contributed by atoms with van der Waals surface area (Å²) < 4.78 is 24.8. The first-order valence-corrected chi connectivity index (χ1v) is 10.3. The lowest BCUT2D eigenvalue weighted by molar-refractivity contribution is 0.152. The van der Waals surface area contributed by atoms with E-state index < -0.39 is 16.1 Å². The zero-order valence-electron chi connectivity index (χ0n) is 14.9. The normalized spacial score (nSPS) is 18.7. The Kier molecular flexibility index (Phi) is 7.22. The number of piperidine rings is 1. The van der Waals surface area contributed by atoms with Crippen LogP contribution in [0, 0.1) is 0 Å². The van der Waals surface area contributed by atoms with Crippen molar-refractivity contribution in [3.8, 4) is 0 Å². The van der Waals surface area contributed by atoms with Gasteiger partial charge >= 0.3 is 6.03 Å². The van der Waals surface area contributed by atoms with Crippen LogP contribution in [0.25, 0.3) is 0 Å². The van der Waals surface area contributed by atoms with Crippen molar-refractivity contribution < 1.29 is 13.2 Å². The molecule has 1 saturated heterocycles. The second-order valence-corrected chi connectivity index (χ2v) is 8.47. The summed E-state index contributed by atoms with van der Waals surface area (Å²) in [7, 11) is -1.96. The summed E-state index contributed by atoms with van der Waals surface area (Å²) >= 11 is 0. The smallest absolute Gasteiger partial charge is 0.319 e. The van der Waals surface area contributed by atoms with Crippen LogP contribution in [0.2, 0.25) is 0 Å². The summed E-state index contributed by atoms with van der Waals surface area (Å²) in [6.45, 7) is 4.30. The molecule has 0 unspecified atom stereocenters. The Morgan fingerprint density at radius 2 is 2.12 bits per heavy atom. The fraction of sp³-hybridized carbons (Fsp3) is 0.588. The number of likely N-dealkylation sites (tertiary alicyclic amines) is 1. The molecule has 7 nitrogen and oxygen atoms in total. The van der Waals surface area contributed by atoms with Crippen LogP contribution in [0.5, 0.6) is 0 Å². The fourth-order valence-electron chi connectivity index (χ4n) is 2.95. The fourth-order valence-corrected chi connectivity index (χ4v) is 3.53. The third-order valence-corrected chi connectivity index (χ3v) is 5.84. The Labute approximate surface area is 150 Å². The van der Waals surface area contributed by atoms with Gasteiger partial charge in [0.1, 0.15) is 0 Å². The van der Waals surface area contributed by atoms with Gasteiger partial charge in [-0.05, 0) is 51.1 Å². The van der Waals surface area contributed by atoms with Crippen molar-refractivity contribution in [1.82, 2.24) is 14.9 Å². The van der Waals surface area contributed by atoms with Gasteiger partial charge in [0.05, 0.1) is 5.75 Å². The number of carbonyl (C=O) groups excluding carboxylic acids is 1. The molecule has 3 N–H and O–H groups in total. The van der Waals surface area contributed by atoms with Gasteiger partial charge < -0.3 is 10.6 Å². The number of sulfonamides is 1. The molecule has 0 spiro atoms. The summed E-state index contributed by atoms with van der Waals surface area (Å²) in [5.74, 6) is -0.149. The summed E-state index contributed by atoms with van der Waals surface area (Å²) in [5.41, 5.74) is 1.86. The predicted molar refractivity (Wildman–Crippen MR) is 100 cm³/mol. The Bertz CT molecular complexity index is 678. The summed E-state index contributed by atoms with van der Waals surface area (Å²) in [6, 6.07) is 7.95. The van der Waals surface area contributed by atoms with E-state index in [1.807, 2.05) is 18.2 Å². The number of nitrogens with one attached hydrogen (secondary N) is 3. The monoisotopic (exact) mass is 368 g/mol. The van der Waals surface area contributed by atoms with E-state index in [4.69, 9.17) is 0 Å². The molecule has 2 amide bonds. The molecular formula is C17H28N4O3S. The van der Waals surface area contributed by atoms with Crippen molar-refractivity contribution in [3.63, 3.8) is 0 Å². The Hall–Kier alpha value is -1.64. The highest BCUT2D eigenvalue weighted by Crippen LogP contribution is 2.20. The Balaban J connectivity index is 1.85. The van der Waals surface area contributed by atoms with Crippen LogP contribution >= 0.6 is 0 Å². The number of nitrogens with zero attached hydrogens (tertiary/aromatic N) is 1. The van der Waals surface area contributed by atoms with Gasteiger partial charge in [0.15, 0.2) is 0 Å². The first-order valence-electron chi connectivity index (χ1n) is 8.68. The second-order valence-electron chi connectivity index (χ2n) is 6.42. The molecule has 0 radical (unpaired) electrons. The van der Waals surface area contributed by atoms with Gasteiger partial charge in [0.2, 0.25) is 10.0 Å². The number of rotatable bonds is 7. The van der Waals surface area contributed by atoms with E-state index in [0.29, 0.717) is 11.7 Å². The van der Waals surface area contributed by atoms with Crippen molar-refractivity contribution >= 4 is 21.7 Å². The average Bonchev–Trinajstić information content (AvgIpc) is 2.57. The van der Waals surface area contributed by atoms with E-state index in [9.17, 15) is 13.2 Å². The Morgan fingerprint density at radius 1 is 1.32 bits per heavy atom. The summed E-state index contributed by atoms with van der Waals surface area (Å²) in [6.07, 6.45) is 3.76. The van der Waals surface area contributed by atoms with Crippen LogP contribution in [0.4, 0.5) is 10.5 Å². The minimum absolute atomic E-state index is 0.0555. The molecule has 1 fully saturated rings. The van der Waals surface area contributed by atoms with E-state index in [1.54, 1.807) is 0 Å². The zero-order chi connectivity index (χ0) is 18.3. The van der Waals surface area contributed by atoms with Crippen LogP contribution in [-0.4, -0.2) is 51.3 Å². The lowest BCUT2D eigenvalue weighted by Crippen LogP contribution is -2.36. The van der Waals surface area contributed by atoms with Crippen LogP contribution in [-0.2, 0) is 16.6 Å². The van der Waals surface area contributed by atoms with E-state index in [-0.39, 0.29) is 12.3 Å². The standard InChI is InChI=1S/C17H28N4O3S/c1-14-6-3-4-10-21(14)13-15-7-5-8-16(12-15)20-17(22)19-9-11-25(23,24)18-2/h5,7-8,12,14,18H,3-4,6,9-11,13H2,1-2H3,(H2,19,20,22)/t14-/m0/s1. The van der Waals surface area contributed by atoms with Crippen molar-refractivity contribution in [1.29, 1.82) is 0 Å². The zero-order valence-corrected chi connectivity index (χ0v) is 15.7. The maximum atomic E-state index is 11.9. The maximum Gasteiger partial charge on any atom is 0.319 e. The molecule has 25 heavy (non-hydrogen) atoms. The third-order valence-electron chi connectivity index (χ3n) is 4.48. The summed E-state index contributed by atoms with van der Waals surface area (Å²) in [4.78, 5) is 14.4. The lowest BCUT2D eigenvalue weighted by atomic mass is 10.0. The predicted octanol–water partition coefficient (Wildman–Crippen LogP) is 1.73. The van der Waals surface area contributed by atoms with Gasteiger partial charge in [-0.2, -0.15) is 0 Å². The molecule has 0 aliphatic carbocycles. The first-order chi connectivity index (χ1) is 11.9. The number of benzene rings is 1. The minimum atomic E-state index is -3.31. The highest BCUT2D eigenvalue weighted by Gasteiger charge is 2.18. The van der Waals surface area contributed by atoms with Crippen LogP contribution < -0.4 is 15.4 Å².